The summed E-state index contributed by atoms with van der Waals surface area (Å²) < 4.78 is 1.93. The lowest BCUT2D eigenvalue weighted by molar-refractivity contribution is 0.0728. The predicted octanol–water partition coefficient (Wildman–Crippen LogP) is 3.41. The van der Waals surface area contributed by atoms with Crippen molar-refractivity contribution in [3.8, 4) is 0 Å². The van der Waals surface area contributed by atoms with E-state index in [4.69, 9.17) is 0 Å². The number of hydrogen-bond acceptors (Lipinski definition) is 2. The Morgan fingerprint density at radius 2 is 2.05 bits per heavy atom. The van der Waals surface area contributed by atoms with Crippen LogP contribution in [0.2, 0.25) is 0 Å². The molecule has 3 nitrogen and oxygen atoms in total. The highest BCUT2D eigenvalue weighted by molar-refractivity contribution is 5.06. The molecule has 3 heteroatoms. The summed E-state index contributed by atoms with van der Waals surface area (Å²) in [6.07, 6.45) is 12.2. The molecule has 2 rings (SSSR count). The first-order valence-corrected chi connectivity index (χ1v) is 7.92. The van der Waals surface area contributed by atoms with Crippen molar-refractivity contribution in [3.05, 3.63) is 18.0 Å². The summed E-state index contributed by atoms with van der Waals surface area (Å²) in [4.78, 5) is 0. The molecule has 0 saturated heterocycles. The van der Waals surface area contributed by atoms with E-state index in [0.29, 0.717) is 5.92 Å². The first-order chi connectivity index (χ1) is 9.22. The van der Waals surface area contributed by atoms with Gasteiger partial charge in [0.05, 0.1) is 12.3 Å². The lowest BCUT2D eigenvalue weighted by Gasteiger charge is -2.31. The zero-order valence-corrected chi connectivity index (χ0v) is 12.4. The minimum atomic E-state index is -0.183. The van der Waals surface area contributed by atoms with Gasteiger partial charge in [-0.1, -0.05) is 32.6 Å². The van der Waals surface area contributed by atoms with Gasteiger partial charge in [0.15, 0.2) is 0 Å². The maximum Gasteiger partial charge on any atom is 0.0609 e. The number of aliphatic hydroxyl groups is 1. The van der Waals surface area contributed by atoms with Gasteiger partial charge in [0.2, 0.25) is 0 Å². The molecule has 1 aromatic heterocycles. The quantitative estimate of drug-likeness (QED) is 0.855. The minimum absolute atomic E-state index is 0.183. The standard InChI is InChI=1S/C16H28N2O/c1-3-5-13-6-8-15(9-7-13)16(19)10-14-11-17-18(4-2)12-14/h11-13,15-16,19H,3-10H2,1-2H3. The Bertz CT molecular complexity index is 367. The van der Waals surface area contributed by atoms with Crippen LogP contribution in [0.1, 0.15) is 57.9 Å². The molecule has 1 aromatic rings. The third-order valence-corrected chi connectivity index (χ3v) is 4.59. The summed E-state index contributed by atoms with van der Waals surface area (Å²) in [6, 6.07) is 0. The van der Waals surface area contributed by atoms with Crippen LogP contribution >= 0.6 is 0 Å². The average Bonchev–Trinajstić information content (AvgIpc) is 2.87. The number of hydrogen-bond donors (Lipinski definition) is 1. The van der Waals surface area contributed by atoms with Crippen molar-refractivity contribution in [2.45, 2.75) is 71.4 Å². The fourth-order valence-electron chi connectivity index (χ4n) is 3.36. The van der Waals surface area contributed by atoms with Crippen LogP contribution < -0.4 is 0 Å². The number of aryl methyl sites for hydroxylation is 1. The lowest BCUT2D eigenvalue weighted by atomic mass is 9.77. The Balaban J connectivity index is 1.79. The second kappa shape index (κ2) is 7.09. The summed E-state index contributed by atoms with van der Waals surface area (Å²) in [6.45, 7) is 5.26. The van der Waals surface area contributed by atoms with Gasteiger partial charge in [-0.3, -0.25) is 4.68 Å². The molecule has 0 spiro atoms. The molecule has 0 radical (unpaired) electrons. The van der Waals surface area contributed by atoms with Crippen molar-refractivity contribution in [2.75, 3.05) is 0 Å². The highest BCUT2D eigenvalue weighted by atomic mass is 16.3. The van der Waals surface area contributed by atoms with Crippen LogP contribution in [-0.2, 0) is 13.0 Å². The molecule has 1 saturated carbocycles. The van der Waals surface area contributed by atoms with E-state index in [1.54, 1.807) is 0 Å². The van der Waals surface area contributed by atoms with E-state index in [2.05, 4.69) is 25.1 Å². The van der Waals surface area contributed by atoms with Gasteiger partial charge in [-0.25, -0.2) is 0 Å². The zero-order chi connectivity index (χ0) is 13.7. The third-order valence-electron chi connectivity index (χ3n) is 4.59. The van der Waals surface area contributed by atoms with E-state index in [-0.39, 0.29) is 6.10 Å². The van der Waals surface area contributed by atoms with Crippen molar-refractivity contribution in [3.63, 3.8) is 0 Å². The third kappa shape index (κ3) is 4.07. The molecule has 1 aliphatic carbocycles. The number of rotatable bonds is 6. The van der Waals surface area contributed by atoms with E-state index in [1.165, 1.54) is 44.1 Å². The highest BCUT2D eigenvalue weighted by Gasteiger charge is 2.26. The highest BCUT2D eigenvalue weighted by Crippen LogP contribution is 2.33. The van der Waals surface area contributed by atoms with Crippen LogP contribution in [0, 0.1) is 11.8 Å². The summed E-state index contributed by atoms with van der Waals surface area (Å²) in [5.41, 5.74) is 1.17. The fraction of sp³-hybridized carbons (Fsp3) is 0.812. The van der Waals surface area contributed by atoms with Crippen LogP contribution in [0.25, 0.3) is 0 Å². The molecule has 0 amide bonds. The second-order valence-electron chi connectivity index (χ2n) is 6.05. The Morgan fingerprint density at radius 3 is 2.63 bits per heavy atom. The topological polar surface area (TPSA) is 38.1 Å². The van der Waals surface area contributed by atoms with Gasteiger partial charge >= 0.3 is 0 Å². The molecule has 108 valence electrons. The van der Waals surface area contributed by atoms with E-state index in [0.717, 1.165) is 18.9 Å². The van der Waals surface area contributed by atoms with Gasteiger partial charge in [-0.15, -0.1) is 0 Å². The SMILES string of the molecule is CCCC1CCC(C(O)Cc2cnn(CC)c2)CC1. The fourth-order valence-corrected chi connectivity index (χ4v) is 3.36. The molecule has 0 aromatic carbocycles. The van der Waals surface area contributed by atoms with Crippen LogP contribution in [0.4, 0.5) is 0 Å². The largest absolute Gasteiger partial charge is 0.392 e. The lowest BCUT2D eigenvalue weighted by Crippen LogP contribution is -2.27. The predicted molar refractivity (Wildman–Crippen MR) is 78.0 cm³/mol. The van der Waals surface area contributed by atoms with Gasteiger partial charge in [0, 0.05) is 19.2 Å². The molecule has 1 heterocycles. The van der Waals surface area contributed by atoms with Crippen molar-refractivity contribution in [1.82, 2.24) is 9.78 Å². The molecule has 19 heavy (non-hydrogen) atoms. The van der Waals surface area contributed by atoms with Gasteiger partial charge in [0.1, 0.15) is 0 Å². The molecule has 1 unspecified atom stereocenters. The first-order valence-electron chi connectivity index (χ1n) is 7.92. The van der Waals surface area contributed by atoms with E-state index in [9.17, 15) is 5.11 Å². The zero-order valence-electron chi connectivity index (χ0n) is 12.4. The first kappa shape index (κ1) is 14.6. The van der Waals surface area contributed by atoms with Crippen LogP contribution in [0.15, 0.2) is 12.4 Å². The molecule has 1 aliphatic rings. The Morgan fingerprint density at radius 1 is 1.32 bits per heavy atom. The van der Waals surface area contributed by atoms with E-state index in [1.807, 2.05) is 10.9 Å². The Labute approximate surface area is 117 Å². The number of aromatic nitrogens is 2. The summed E-state index contributed by atoms with van der Waals surface area (Å²) in [7, 11) is 0. The molecule has 0 aliphatic heterocycles. The summed E-state index contributed by atoms with van der Waals surface area (Å²) >= 11 is 0. The summed E-state index contributed by atoms with van der Waals surface area (Å²) in [5.74, 6) is 1.41. The molecule has 1 fully saturated rings. The minimum Gasteiger partial charge on any atom is -0.392 e. The van der Waals surface area contributed by atoms with Gasteiger partial charge < -0.3 is 5.11 Å². The van der Waals surface area contributed by atoms with Crippen molar-refractivity contribution in [2.24, 2.45) is 11.8 Å². The van der Waals surface area contributed by atoms with Crippen LogP contribution in [-0.4, -0.2) is 21.0 Å². The molecule has 1 atom stereocenters. The van der Waals surface area contributed by atoms with Gasteiger partial charge in [0.25, 0.3) is 0 Å². The van der Waals surface area contributed by atoms with Crippen molar-refractivity contribution >= 4 is 0 Å². The number of nitrogens with zero attached hydrogens (tertiary/aromatic N) is 2. The molecule has 0 bridgehead atoms. The second-order valence-corrected chi connectivity index (χ2v) is 6.05. The molecule has 1 N–H and O–H groups in total. The average molecular weight is 264 g/mol. The van der Waals surface area contributed by atoms with Crippen LogP contribution in [0.5, 0.6) is 0 Å². The maximum atomic E-state index is 10.4. The van der Waals surface area contributed by atoms with E-state index >= 15 is 0 Å². The normalized spacial score (nSPS) is 25.4. The molecular weight excluding hydrogens is 236 g/mol. The summed E-state index contributed by atoms with van der Waals surface area (Å²) in [5, 5.41) is 14.7. The van der Waals surface area contributed by atoms with E-state index < -0.39 is 0 Å². The Hall–Kier alpha value is -0.830. The monoisotopic (exact) mass is 264 g/mol. The van der Waals surface area contributed by atoms with Gasteiger partial charge in [-0.2, -0.15) is 5.10 Å². The van der Waals surface area contributed by atoms with Gasteiger partial charge in [-0.05, 0) is 37.2 Å². The van der Waals surface area contributed by atoms with Crippen LogP contribution in [0.3, 0.4) is 0 Å². The molecular formula is C16H28N2O. The van der Waals surface area contributed by atoms with Crippen molar-refractivity contribution < 1.29 is 5.11 Å². The van der Waals surface area contributed by atoms with Crippen molar-refractivity contribution in [1.29, 1.82) is 0 Å². The smallest absolute Gasteiger partial charge is 0.0609 e. The Kier molecular flexibility index (Phi) is 5.44. The number of aliphatic hydroxyl groups excluding tert-OH is 1. The maximum absolute atomic E-state index is 10.4.